The van der Waals surface area contributed by atoms with Crippen LogP contribution in [0.3, 0.4) is 0 Å². The summed E-state index contributed by atoms with van der Waals surface area (Å²) in [6, 6.07) is 5.93. The van der Waals surface area contributed by atoms with Gasteiger partial charge in [-0.05, 0) is 37.4 Å². The molecule has 1 aliphatic rings. The molecule has 1 fully saturated rings. The quantitative estimate of drug-likeness (QED) is 0.707. The number of Topliss-reactive ketones (excluding diaryl/α,β-unsaturated/α-hetero) is 1. The van der Waals surface area contributed by atoms with Gasteiger partial charge in [0.2, 0.25) is 0 Å². The van der Waals surface area contributed by atoms with Gasteiger partial charge in [0.1, 0.15) is 5.82 Å². The number of rotatable bonds is 6. The van der Waals surface area contributed by atoms with Crippen LogP contribution in [-0.2, 0) is 0 Å². The highest BCUT2D eigenvalue weighted by Crippen LogP contribution is 2.29. The van der Waals surface area contributed by atoms with Crippen molar-refractivity contribution in [1.29, 1.82) is 0 Å². The normalized spacial score (nSPS) is 15.2. The van der Waals surface area contributed by atoms with E-state index in [1.165, 1.54) is 25.0 Å². The van der Waals surface area contributed by atoms with Gasteiger partial charge in [-0.3, -0.25) is 9.69 Å². The second-order valence-electron chi connectivity index (χ2n) is 4.70. The molecule has 0 spiro atoms. The van der Waals surface area contributed by atoms with Gasteiger partial charge in [-0.1, -0.05) is 19.1 Å². The molecule has 1 aromatic rings. The Morgan fingerprint density at radius 1 is 1.47 bits per heavy atom. The zero-order chi connectivity index (χ0) is 12.3. The summed E-state index contributed by atoms with van der Waals surface area (Å²) in [7, 11) is 0. The molecular formula is C14H18FNO. The van der Waals surface area contributed by atoms with Crippen LogP contribution in [0.25, 0.3) is 0 Å². The van der Waals surface area contributed by atoms with Crippen LogP contribution in [0.5, 0.6) is 0 Å². The molecule has 0 heterocycles. The minimum absolute atomic E-state index is 0.00648. The predicted molar refractivity (Wildman–Crippen MR) is 65.6 cm³/mol. The van der Waals surface area contributed by atoms with E-state index >= 15 is 0 Å². The van der Waals surface area contributed by atoms with Crippen molar-refractivity contribution < 1.29 is 9.18 Å². The molecule has 17 heavy (non-hydrogen) atoms. The Bertz CT molecular complexity index is 401. The number of halogens is 1. The summed E-state index contributed by atoms with van der Waals surface area (Å²) < 4.78 is 13.0. The second-order valence-corrected chi connectivity index (χ2v) is 4.70. The van der Waals surface area contributed by atoms with Crippen molar-refractivity contribution in [3.63, 3.8) is 0 Å². The zero-order valence-corrected chi connectivity index (χ0v) is 10.2. The summed E-state index contributed by atoms with van der Waals surface area (Å²) in [6.07, 6.45) is 2.56. The van der Waals surface area contributed by atoms with Crippen molar-refractivity contribution in [2.75, 3.05) is 19.6 Å². The van der Waals surface area contributed by atoms with E-state index in [1.807, 2.05) is 0 Å². The smallest absolute Gasteiger partial charge is 0.176 e. The first-order chi connectivity index (χ1) is 8.19. The molecule has 1 aliphatic carbocycles. The molecule has 2 nitrogen and oxygen atoms in total. The number of hydrogen-bond donors (Lipinski definition) is 0. The van der Waals surface area contributed by atoms with E-state index in [-0.39, 0.29) is 11.6 Å². The van der Waals surface area contributed by atoms with Gasteiger partial charge in [0.05, 0.1) is 6.54 Å². The predicted octanol–water partition coefficient (Wildman–Crippen LogP) is 2.74. The molecule has 0 unspecified atom stereocenters. The van der Waals surface area contributed by atoms with E-state index in [9.17, 15) is 9.18 Å². The molecule has 1 aromatic carbocycles. The first kappa shape index (κ1) is 12.2. The number of benzene rings is 1. The fourth-order valence-electron chi connectivity index (χ4n) is 1.93. The first-order valence-electron chi connectivity index (χ1n) is 6.20. The molecule has 0 radical (unpaired) electrons. The third-order valence-corrected chi connectivity index (χ3v) is 3.17. The SMILES string of the molecule is CCN(CC(=O)c1cccc(F)c1)CC1CC1. The van der Waals surface area contributed by atoms with Crippen LogP contribution >= 0.6 is 0 Å². The van der Waals surface area contributed by atoms with Crippen LogP contribution in [0.1, 0.15) is 30.1 Å². The van der Waals surface area contributed by atoms with E-state index in [4.69, 9.17) is 0 Å². The number of hydrogen-bond acceptors (Lipinski definition) is 2. The lowest BCUT2D eigenvalue weighted by Gasteiger charge is -2.19. The van der Waals surface area contributed by atoms with Gasteiger partial charge in [0.15, 0.2) is 5.78 Å². The zero-order valence-electron chi connectivity index (χ0n) is 10.2. The number of ketones is 1. The van der Waals surface area contributed by atoms with E-state index < -0.39 is 0 Å². The molecule has 0 aliphatic heterocycles. The highest BCUT2D eigenvalue weighted by Gasteiger charge is 2.24. The summed E-state index contributed by atoms with van der Waals surface area (Å²) >= 11 is 0. The minimum Gasteiger partial charge on any atom is -0.296 e. The molecule has 3 heteroatoms. The average molecular weight is 235 g/mol. The third kappa shape index (κ3) is 3.63. The number of carbonyl (C=O) groups is 1. The molecular weight excluding hydrogens is 217 g/mol. The van der Waals surface area contributed by atoms with Gasteiger partial charge in [-0.2, -0.15) is 0 Å². The summed E-state index contributed by atoms with van der Waals surface area (Å²) in [5.41, 5.74) is 0.472. The van der Waals surface area contributed by atoms with Crippen molar-refractivity contribution in [2.45, 2.75) is 19.8 Å². The molecule has 1 saturated carbocycles. The van der Waals surface area contributed by atoms with Gasteiger partial charge < -0.3 is 0 Å². The van der Waals surface area contributed by atoms with E-state index in [0.717, 1.165) is 19.0 Å². The molecule has 0 saturated heterocycles. The fraction of sp³-hybridized carbons (Fsp3) is 0.500. The molecule has 0 N–H and O–H groups in total. The van der Waals surface area contributed by atoms with Crippen molar-refractivity contribution >= 4 is 5.78 Å². The third-order valence-electron chi connectivity index (χ3n) is 3.17. The van der Waals surface area contributed by atoms with Crippen molar-refractivity contribution in [3.8, 4) is 0 Å². The lowest BCUT2D eigenvalue weighted by atomic mass is 10.1. The van der Waals surface area contributed by atoms with Crippen molar-refractivity contribution in [3.05, 3.63) is 35.6 Å². The van der Waals surface area contributed by atoms with Crippen LogP contribution in [0.4, 0.5) is 4.39 Å². The van der Waals surface area contributed by atoms with Gasteiger partial charge in [0, 0.05) is 12.1 Å². The van der Waals surface area contributed by atoms with E-state index in [1.54, 1.807) is 12.1 Å². The summed E-state index contributed by atoms with van der Waals surface area (Å²) in [5.74, 6) is 0.434. The van der Waals surface area contributed by atoms with Crippen LogP contribution in [0.2, 0.25) is 0 Å². The first-order valence-corrected chi connectivity index (χ1v) is 6.20. The maximum absolute atomic E-state index is 13.0. The minimum atomic E-state index is -0.346. The average Bonchev–Trinajstić information content (AvgIpc) is 3.12. The molecule has 0 aromatic heterocycles. The number of likely N-dealkylation sites (N-methyl/N-ethyl adjacent to an activating group) is 1. The summed E-state index contributed by atoms with van der Waals surface area (Å²) in [4.78, 5) is 14.1. The lowest BCUT2D eigenvalue weighted by Crippen LogP contribution is -2.31. The monoisotopic (exact) mass is 235 g/mol. The number of carbonyl (C=O) groups excluding carboxylic acids is 1. The second kappa shape index (κ2) is 5.41. The van der Waals surface area contributed by atoms with Gasteiger partial charge >= 0.3 is 0 Å². The maximum atomic E-state index is 13.0. The Morgan fingerprint density at radius 2 is 2.24 bits per heavy atom. The highest BCUT2D eigenvalue weighted by atomic mass is 19.1. The lowest BCUT2D eigenvalue weighted by molar-refractivity contribution is 0.0930. The van der Waals surface area contributed by atoms with Gasteiger partial charge in [-0.15, -0.1) is 0 Å². The molecule has 0 amide bonds. The van der Waals surface area contributed by atoms with E-state index in [2.05, 4.69) is 11.8 Å². The fourth-order valence-corrected chi connectivity index (χ4v) is 1.93. The molecule has 2 rings (SSSR count). The summed E-state index contributed by atoms with van der Waals surface area (Å²) in [6.45, 7) is 4.33. The van der Waals surface area contributed by atoms with Crippen LogP contribution in [0, 0.1) is 11.7 Å². The van der Waals surface area contributed by atoms with Crippen LogP contribution < -0.4 is 0 Å². The Kier molecular flexibility index (Phi) is 3.89. The maximum Gasteiger partial charge on any atom is 0.176 e. The van der Waals surface area contributed by atoms with Crippen molar-refractivity contribution in [2.24, 2.45) is 5.92 Å². The van der Waals surface area contributed by atoms with Gasteiger partial charge in [0.25, 0.3) is 0 Å². The molecule has 0 bridgehead atoms. The summed E-state index contributed by atoms with van der Waals surface area (Å²) in [5, 5.41) is 0. The molecule has 92 valence electrons. The standard InChI is InChI=1S/C14H18FNO/c1-2-16(9-11-6-7-11)10-14(17)12-4-3-5-13(15)8-12/h3-5,8,11H,2,6-7,9-10H2,1H3. The Balaban J connectivity index is 1.94. The van der Waals surface area contributed by atoms with Crippen LogP contribution in [-0.4, -0.2) is 30.3 Å². The Labute approximate surface area is 101 Å². The van der Waals surface area contributed by atoms with E-state index in [0.29, 0.717) is 12.1 Å². The molecule has 0 atom stereocenters. The van der Waals surface area contributed by atoms with Crippen LogP contribution in [0.15, 0.2) is 24.3 Å². The van der Waals surface area contributed by atoms with Gasteiger partial charge in [-0.25, -0.2) is 4.39 Å². The topological polar surface area (TPSA) is 20.3 Å². The largest absolute Gasteiger partial charge is 0.296 e. The Morgan fingerprint density at radius 3 is 2.82 bits per heavy atom. The Hall–Kier alpha value is -1.22. The number of nitrogens with zero attached hydrogens (tertiary/aromatic N) is 1. The highest BCUT2D eigenvalue weighted by molar-refractivity contribution is 5.97. The van der Waals surface area contributed by atoms with Crippen molar-refractivity contribution in [1.82, 2.24) is 4.90 Å².